The lowest BCUT2D eigenvalue weighted by atomic mass is 9.94. The third-order valence-corrected chi connectivity index (χ3v) is 7.24. The summed E-state index contributed by atoms with van der Waals surface area (Å²) < 4.78 is 5.26. The summed E-state index contributed by atoms with van der Waals surface area (Å²) in [7, 11) is 4.01. The third kappa shape index (κ3) is 5.78. The molecule has 194 valence electrons. The van der Waals surface area contributed by atoms with E-state index in [1.807, 2.05) is 14.1 Å². The Hall–Kier alpha value is -2.79. The van der Waals surface area contributed by atoms with Gasteiger partial charge in [-0.2, -0.15) is 4.98 Å². The zero-order chi connectivity index (χ0) is 25.1. The summed E-state index contributed by atoms with van der Waals surface area (Å²) in [6, 6.07) is 10.5. The molecule has 0 unspecified atom stereocenters. The molecule has 2 fully saturated rings. The molecule has 10 nitrogen and oxygen atoms in total. The van der Waals surface area contributed by atoms with Gasteiger partial charge in [0.2, 0.25) is 5.95 Å². The summed E-state index contributed by atoms with van der Waals surface area (Å²) in [5, 5.41) is 17.6. The molecular formula is C26H37N7O3. The summed E-state index contributed by atoms with van der Waals surface area (Å²) >= 11 is 0. The van der Waals surface area contributed by atoms with E-state index in [0.29, 0.717) is 50.3 Å². The molecule has 0 bridgehead atoms. The molecule has 1 aromatic carbocycles. The number of hydrogen-bond acceptors (Lipinski definition) is 9. The van der Waals surface area contributed by atoms with Gasteiger partial charge in [0, 0.05) is 51.4 Å². The number of aliphatic hydroxyl groups excluding tert-OH is 1. The van der Waals surface area contributed by atoms with Crippen molar-refractivity contribution in [2.24, 2.45) is 0 Å². The highest BCUT2D eigenvalue weighted by molar-refractivity contribution is 5.93. The first-order chi connectivity index (χ1) is 17.5. The largest absolute Gasteiger partial charge is 0.390 e. The molecule has 2 aromatic rings. The van der Waals surface area contributed by atoms with Gasteiger partial charge in [-0.1, -0.05) is 24.3 Å². The fourth-order valence-corrected chi connectivity index (χ4v) is 5.12. The first-order valence-electron chi connectivity index (χ1n) is 12.9. The Bertz CT molecular complexity index is 1060. The predicted molar refractivity (Wildman–Crippen MR) is 138 cm³/mol. The predicted octanol–water partition coefficient (Wildman–Crippen LogP) is 0.895. The number of aliphatic hydroxyl groups is 1. The number of nitrogens with zero attached hydrogens (tertiary/aromatic N) is 5. The van der Waals surface area contributed by atoms with Crippen LogP contribution in [-0.2, 0) is 17.7 Å². The monoisotopic (exact) mass is 495 g/mol. The molecule has 3 aliphatic heterocycles. The molecule has 1 aromatic heterocycles. The Kier molecular flexibility index (Phi) is 7.66. The Labute approximate surface area is 212 Å². The number of hydrogen-bond donors (Lipinski definition) is 3. The maximum absolute atomic E-state index is 13.5. The molecule has 2 atom stereocenters. The van der Waals surface area contributed by atoms with Gasteiger partial charge in [-0.05, 0) is 38.1 Å². The van der Waals surface area contributed by atoms with Crippen LogP contribution in [0.2, 0.25) is 0 Å². The highest BCUT2D eigenvalue weighted by atomic mass is 16.5. The van der Waals surface area contributed by atoms with Gasteiger partial charge in [-0.15, -0.1) is 0 Å². The molecule has 5 rings (SSSR count). The van der Waals surface area contributed by atoms with E-state index in [-0.39, 0.29) is 18.0 Å². The van der Waals surface area contributed by atoms with E-state index in [2.05, 4.69) is 54.7 Å². The van der Waals surface area contributed by atoms with Crippen molar-refractivity contribution in [1.29, 1.82) is 0 Å². The molecule has 4 heterocycles. The van der Waals surface area contributed by atoms with Crippen molar-refractivity contribution in [1.82, 2.24) is 24.7 Å². The zero-order valence-corrected chi connectivity index (χ0v) is 21.2. The number of fused-ring (bicyclic) bond motifs is 1. The highest BCUT2D eigenvalue weighted by Crippen LogP contribution is 2.26. The van der Waals surface area contributed by atoms with Crippen LogP contribution in [0.3, 0.4) is 0 Å². The van der Waals surface area contributed by atoms with Crippen LogP contribution in [0.5, 0.6) is 0 Å². The lowest BCUT2D eigenvalue weighted by Crippen LogP contribution is -2.56. The number of anilines is 2. The van der Waals surface area contributed by atoms with Gasteiger partial charge in [-0.3, -0.25) is 9.69 Å². The van der Waals surface area contributed by atoms with Gasteiger partial charge in [0.1, 0.15) is 11.5 Å². The van der Waals surface area contributed by atoms with Gasteiger partial charge >= 0.3 is 0 Å². The number of likely N-dealkylation sites (N-methyl/N-ethyl adjacent to an activating group) is 1. The van der Waals surface area contributed by atoms with Crippen LogP contribution < -0.4 is 10.6 Å². The van der Waals surface area contributed by atoms with Crippen molar-refractivity contribution in [3.05, 3.63) is 47.2 Å². The van der Waals surface area contributed by atoms with Crippen LogP contribution in [0.15, 0.2) is 30.3 Å². The maximum Gasteiger partial charge on any atom is 0.272 e. The van der Waals surface area contributed by atoms with Crippen molar-refractivity contribution >= 4 is 17.7 Å². The van der Waals surface area contributed by atoms with E-state index in [9.17, 15) is 9.90 Å². The molecular weight excluding hydrogens is 458 g/mol. The van der Waals surface area contributed by atoms with Gasteiger partial charge in [0.15, 0.2) is 0 Å². The number of β-amino-alcohol motifs (C(OH)–C–C–N with tert-alkyl or cyclic N) is 1. The van der Waals surface area contributed by atoms with Crippen molar-refractivity contribution in [3.63, 3.8) is 0 Å². The standard InChI is InChI=1S/C26H37N7O3/c1-31(2)12-9-27-26-29-21(13-24(30-26)28-20-16-36-17-20)25(35)33-11-8-22(23(34)15-33)32-10-7-18-5-3-4-6-19(18)14-32/h3-6,13,20,22-23,34H,7-12,14-17H2,1-2H3,(H2,27,28,29,30)/t22-,23-/m0/s1. The van der Waals surface area contributed by atoms with Crippen LogP contribution in [0.4, 0.5) is 11.8 Å². The Morgan fingerprint density at radius 1 is 1.19 bits per heavy atom. The second kappa shape index (κ2) is 11.1. The minimum atomic E-state index is -0.600. The summed E-state index contributed by atoms with van der Waals surface area (Å²) in [6.07, 6.45) is 1.13. The molecule has 0 aliphatic carbocycles. The Balaban J connectivity index is 1.25. The number of piperidine rings is 1. The topological polar surface area (TPSA) is 106 Å². The Morgan fingerprint density at radius 2 is 2.00 bits per heavy atom. The molecule has 10 heteroatoms. The summed E-state index contributed by atoms with van der Waals surface area (Å²) in [5.41, 5.74) is 3.06. The number of ether oxygens (including phenoxy) is 1. The van der Waals surface area contributed by atoms with Crippen LogP contribution in [-0.4, -0.2) is 114 Å². The second-order valence-corrected chi connectivity index (χ2v) is 10.2. The number of benzene rings is 1. The maximum atomic E-state index is 13.5. The van der Waals surface area contributed by atoms with Crippen molar-refractivity contribution in [3.8, 4) is 0 Å². The molecule has 0 radical (unpaired) electrons. The lowest BCUT2D eigenvalue weighted by molar-refractivity contribution is -0.0139. The molecule has 1 amide bonds. The summed E-state index contributed by atoms with van der Waals surface area (Å²) in [5.74, 6) is 0.853. The zero-order valence-electron chi connectivity index (χ0n) is 21.2. The fourth-order valence-electron chi connectivity index (χ4n) is 5.12. The molecule has 0 saturated carbocycles. The van der Waals surface area contributed by atoms with Crippen molar-refractivity contribution in [2.75, 3.05) is 70.7 Å². The third-order valence-electron chi connectivity index (χ3n) is 7.24. The molecule has 3 aliphatic rings. The number of amides is 1. The number of rotatable bonds is 8. The van der Waals surface area contributed by atoms with Gasteiger partial charge in [0.25, 0.3) is 5.91 Å². The van der Waals surface area contributed by atoms with Crippen molar-refractivity contribution < 1.29 is 14.6 Å². The minimum Gasteiger partial charge on any atom is -0.390 e. The molecule has 0 spiro atoms. The average Bonchev–Trinajstić information content (AvgIpc) is 2.85. The van der Waals surface area contributed by atoms with E-state index >= 15 is 0 Å². The van der Waals surface area contributed by atoms with Gasteiger partial charge < -0.3 is 30.3 Å². The number of aromatic nitrogens is 2. The van der Waals surface area contributed by atoms with Gasteiger partial charge in [0.05, 0.1) is 25.4 Å². The number of carbonyl (C=O) groups excluding carboxylic acids is 1. The Morgan fingerprint density at radius 3 is 2.72 bits per heavy atom. The number of carbonyl (C=O) groups is 1. The van der Waals surface area contributed by atoms with Gasteiger partial charge in [-0.25, -0.2) is 4.98 Å². The first kappa shape index (κ1) is 24.9. The summed E-state index contributed by atoms with van der Waals surface area (Å²) in [6.45, 7) is 5.40. The SMILES string of the molecule is CN(C)CCNc1nc(NC2COC2)cc(C(=O)N2CC[C@H](N3CCc4ccccc4C3)[C@@H](O)C2)n1. The van der Waals surface area contributed by atoms with Crippen molar-refractivity contribution in [2.45, 2.75) is 37.6 Å². The van der Waals surface area contributed by atoms with Crippen LogP contribution >= 0.6 is 0 Å². The lowest BCUT2D eigenvalue weighted by Gasteiger charge is -2.43. The van der Waals surface area contributed by atoms with Crippen LogP contribution in [0.1, 0.15) is 28.0 Å². The molecule has 2 saturated heterocycles. The normalized spacial score (nSPS) is 22.7. The van der Waals surface area contributed by atoms with E-state index in [0.717, 1.165) is 32.5 Å². The number of nitrogens with one attached hydrogen (secondary N) is 2. The molecule has 36 heavy (non-hydrogen) atoms. The van der Waals surface area contributed by atoms with E-state index in [4.69, 9.17) is 4.74 Å². The average molecular weight is 496 g/mol. The van der Waals surface area contributed by atoms with Crippen LogP contribution in [0.25, 0.3) is 0 Å². The fraction of sp³-hybridized carbons (Fsp3) is 0.577. The van der Waals surface area contributed by atoms with E-state index < -0.39 is 6.10 Å². The second-order valence-electron chi connectivity index (χ2n) is 10.2. The summed E-state index contributed by atoms with van der Waals surface area (Å²) in [4.78, 5) is 28.7. The van der Waals surface area contributed by atoms with Crippen LogP contribution in [0, 0.1) is 0 Å². The first-order valence-corrected chi connectivity index (χ1v) is 12.9. The molecule has 3 N–H and O–H groups in total. The van der Waals surface area contributed by atoms with E-state index in [1.54, 1.807) is 11.0 Å². The minimum absolute atomic E-state index is 0.0481. The smallest absolute Gasteiger partial charge is 0.272 e. The van der Waals surface area contributed by atoms with E-state index in [1.165, 1.54) is 11.1 Å². The quantitative estimate of drug-likeness (QED) is 0.492. The number of likely N-dealkylation sites (tertiary alicyclic amines) is 1. The highest BCUT2D eigenvalue weighted by Gasteiger charge is 2.36.